The molecule has 3 nitrogen and oxygen atoms in total. The summed E-state index contributed by atoms with van der Waals surface area (Å²) in [5.41, 5.74) is 1.63. The summed E-state index contributed by atoms with van der Waals surface area (Å²) in [7, 11) is 1.65. The van der Waals surface area contributed by atoms with Crippen molar-refractivity contribution in [3.05, 3.63) is 51.7 Å². The summed E-state index contributed by atoms with van der Waals surface area (Å²) in [5.74, 6) is -0.387. The lowest BCUT2D eigenvalue weighted by Crippen LogP contribution is -2.26. The van der Waals surface area contributed by atoms with Gasteiger partial charge in [-0.05, 0) is 41.6 Å². The van der Waals surface area contributed by atoms with E-state index in [0.29, 0.717) is 11.4 Å². The van der Waals surface area contributed by atoms with Gasteiger partial charge in [-0.3, -0.25) is 4.79 Å². The highest BCUT2D eigenvalue weighted by Crippen LogP contribution is 2.23. The Hall–Kier alpha value is -2.02. The van der Waals surface area contributed by atoms with Gasteiger partial charge in [0.1, 0.15) is 5.75 Å². The van der Waals surface area contributed by atoms with Gasteiger partial charge >= 0.3 is 6.36 Å². The smallest absolute Gasteiger partial charge is 0.406 e. The Kier molecular flexibility index (Phi) is 4.75. The van der Waals surface area contributed by atoms with Gasteiger partial charge in [0.25, 0.3) is 5.91 Å². The summed E-state index contributed by atoms with van der Waals surface area (Å²) in [6.45, 7) is 2.17. The number of alkyl halides is 3. The molecule has 22 heavy (non-hydrogen) atoms. The molecule has 0 N–H and O–H groups in total. The molecule has 7 heteroatoms. The Morgan fingerprint density at radius 3 is 2.36 bits per heavy atom. The highest BCUT2D eigenvalue weighted by atomic mass is 32.1. The zero-order chi connectivity index (χ0) is 16.3. The van der Waals surface area contributed by atoms with Crippen LogP contribution in [0.3, 0.4) is 0 Å². The van der Waals surface area contributed by atoms with Gasteiger partial charge in [0.05, 0.1) is 4.88 Å². The molecule has 1 heterocycles. The summed E-state index contributed by atoms with van der Waals surface area (Å²) >= 11 is 1.37. The largest absolute Gasteiger partial charge is 0.573 e. The van der Waals surface area contributed by atoms with E-state index in [1.165, 1.54) is 40.5 Å². The van der Waals surface area contributed by atoms with Crippen LogP contribution in [0.5, 0.6) is 5.75 Å². The van der Waals surface area contributed by atoms with E-state index < -0.39 is 6.36 Å². The SMILES string of the molecule is Cc1ccsc1C(=O)N(C)Cc1ccc(OC(F)(F)F)cc1. The number of carbonyl (C=O) groups excluding carboxylic acids is 1. The van der Waals surface area contributed by atoms with Crippen LogP contribution in [0.2, 0.25) is 0 Å². The van der Waals surface area contributed by atoms with Crippen LogP contribution in [0, 0.1) is 6.92 Å². The third-order valence-electron chi connectivity index (χ3n) is 2.98. The number of nitrogens with zero attached hydrogens (tertiary/aromatic N) is 1. The van der Waals surface area contributed by atoms with Crippen molar-refractivity contribution >= 4 is 17.2 Å². The molecule has 0 saturated heterocycles. The molecule has 1 amide bonds. The first kappa shape index (κ1) is 16.4. The Morgan fingerprint density at radius 2 is 1.86 bits per heavy atom. The van der Waals surface area contributed by atoms with Crippen molar-refractivity contribution in [3.8, 4) is 5.75 Å². The molecule has 0 aliphatic heterocycles. The molecule has 118 valence electrons. The number of ether oxygens (including phenoxy) is 1. The minimum Gasteiger partial charge on any atom is -0.406 e. The van der Waals surface area contributed by atoms with Crippen LogP contribution in [0.1, 0.15) is 20.8 Å². The van der Waals surface area contributed by atoms with Crippen molar-refractivity contribution in [2.24, 2.45) is 0 Å². The van der Waals surface area contributed by atoms with Gasteiger partial charge in [-0.15, -0.1) is 24.5 Å². The highest BCUT2D eigenvalue weighted by molar-refractivity contribution is 7.12. The molecule has 0 spiro atoms. The molecule has 1 aromatic carbocycles. The Morgan fingerprint density at radius 1 is 1.23 bits per heavy atom. The number of hydrogen-bond acceptors (Lipinski definition) is 3. The van der Waals surface area contributed by atoms with Crippen LogP contribution in [-0.2, 0) is 6.54 Å². The van der Waals surface area contributed by atoms with Gasteiger partial charge < -0.3 is 9.64 Å². The number of hydrogen-bond donors (Lipinski definition) is 0. The van der Waals surface area contributed by atoms with E-state index in [1.807, 2.05) is 18.4 Å². The first-order valence-electron chi connectivity index (χ1n) is 6.40. The zero-order valence-corrected chi connectivity index (χ0v) is 12.8. The van der Waals surface area contributed by atoms with Gasteiger partial charge in [-0.25, -0.2) is 0 Å². The van der Waals surface area contributed by atoms with Crippen LogP contribution < -0.4 is 4.74 Å². The lowest BCUT2D eigenvalue weighted by Gasteiger charge is -2.17. The second kappa shape index (κ2) is 6.39. The van der Waals surface area contributed by atoms with Crippen molar-refractivity contribution in [1.29, 1.82) is 0 Å². The predicted octanol–water partition coefficient (Wildman–Crippen LogP) is 4.23. The fraction of sp³-hybridized carbons (Fsp3) is 0.267. The van der Waals surface area contributed by atoms with E-state index in [9.17, 15) is 18.0 Å². The summed E-state index contributed by atoms with van der Waals surface area (Å²) in [6, 6.07) is 7.35. The molecule has 1 aromatic heterocycles. The highest BCUT2D eigenvalue weighted by Gasteiger charge is 2.30. The lowest BCUT2D eigenvalue weighted by molar-refractivity contribution is -0.274. The van der Waals surface area contributed by atoms with Crippen LogP contribution in [0.15, 0.2) is 35.7 Å². The lowest BCUT2D eigenvalue weighted by atomic mass is 10.2. The Bertz CT molecular complexity index is 650. The monoisotopic (exact) mass is 329 g/mol. The van der Waals surface area contributed by atoms with Gasteiger partial charge in [0.2, 0.25) is 0 Å². The molecular weight excluding hydrogens is 315 g/mol. The molecular formula is C15H14F3NO2S. The fourth-order valence-electron chi connectivity index (χ4n) is 1.91. The summed E-state index contributed by atoms with van der Waals surface area (Å²) < 4.78 is 40.0. The van der Waals surface area contributed by atoms with Crippen LogP contribution in [0.25, 0.3) is 0 Å². The molecule has 0 atom stereocenters. The van der Waals surface area contributed by atoms with Crippen molar-refractivity contribution in [1.82, 2.24) is 4.90 Å². The van der Waals surface area contributed by atoms with E-state index in [2.05, 4.69) is 4.74 Å². The Balaban J connectivity index is 2.01. The first-order chi connectivity index (χ1) is 10.3. The molecule has 0 bridgehead atoms. The molecule has 0 radical (unpaired) electrons. The minimum absolute atomic E-state index is 0.108. The van der Waals surface area contributed by atoms with Gasteiger partial charge in [-0.1, -0.05) is 12.1 Å². The molecule has 2 aromatic rings. The van der Waals surface area contributed by atoms with Crippen molar-refractivity contribution < 1.29 is 22.7 Å². The molecule has 0 aliphatic rings. The fourth-order valence-corrected chi connectivity index (χ4v) is 2.83. The van der Waals surface area contributed by atoms with Crippen molar-refractivity contribution in [2.45, 2.75) is 19.8 Å². The number of thiophene rings is 1. The molecule has 0 saturated carbocycles. The van der Waals surface area contributed by atoms with E-state index in [4.69, 9.17) is 0 Å². The van der Waals surface area contributed by atoms with E-state index in [-0.39, 0.29) is 11.7 Å². The number of carbonyl (C=O) groups is 1. The Labute approximate surface area is 129 Å². The summed E-state index contributed by atoms with van der Waals surface area (Å²) in [4.78, 5) is 14.4. The molecule has 0 aliphatic carbocycles. The average molecular weight is 329 g/mol. The van der Waals surface area contributed by atoms with Gasteiger partial charge in [-0.2, -0.15) is 0 Å². The second-order valence-corrected chi connectivity index (χ2v) is 5.70. The summed E-state index contributed by atoms with van der Waals surface area (Å²) in [6.07, 6.45) is -4.70. The number of benzene rings is 1. The van der Waals surface area contributed by atoms with E-state index >= 15 is 0 Å². The number of aryl methyl sites for hydroxylation is 1. The van der Waals surface area contributed by atoms with Crippen molar-refractivity contribution in [3.63, 3.8) is 0 Å². The average Bonchev–Trinajstić information content (AvgIpc) is 2.84. The first-order valence-corrected chi connectivity index (χ1v) is 7.28. The van der Waals surface area contributed by atoms with Gasteiger partial charge in [0.15, 0.2) is 0 Å². The topological polar surface area (TPSA) is 29.5 Å². The number of halogens is 3. The molecule has 0 unspecified atom stereocenters. The van der Waals surface area contributed by atoms with Crippen molar-refractivity contribution in [2.75, 3.05) is 7.05 Å². The third kappa shape index (κ3) is 4.24. The maximum absolute atomic E-state index is 12.2. The van der Waals surface area contributed by atoms with Gasteiger partial charge in [0, 0.05) is 13.6 Å². The maximum atomic E-state index is 12.2. The third-order valence-corrected chi connectivity index (χ3v) is 3.98. The zero-order valence-electron chi connectivity index (χ0n) is 12.0. The normalized spacial score (nSPS) is 11.3. The molecule has 2 rings (SSSR count). The minimum atomic E-state index is -4.70. The van der Waals surface area contributed by atoms with E-state index in [1.54, 1.807) is 7.05 Å². The molecule has 0 fully saturated rings. The number of rotatable bonds is 4. The maximum Gasteiger partial charge on any atom is 0.573 e. The second-order valence-electron chi connectivity index (χ2n) is 4.79. The summed E-state index contributed by atoms with van der Waals surface area (Å²) in [5, 5.41) is 1.85. The van der Waals surface area contributed by atoms with Crippen LogP contribution >= 0.6 is 11.3 Å². The predicted molar refractivity (Wildman–Crippen MR) is 78.0 cm³/mol. The van der Waals surface area contributed by atoms with E-state index in [0.717, 1.165) is 11.1 Å². The number of amides is 1. The van der Waals surface area contributed by atoms with Crippen LogP contribution in [-0.4, -0.2) is 24.2 Å². The quantitative estimate of drug-likeness (QED) is 0.840. The standard InChI is InChI=1S/C15H14F3NO2S/c1-10-7-8-22-13(10)14(20)19(2)9-11-3-5-12(6-4-11)21-15(16,17)18/h3-8H,9H2,1-2H3. The van der Waals surface area contributed by atoms with Crippen LogP contribution in [0.4, 0.5) is 13.2 Å².